The predicted molar refractivity (Wildman–Crippen MR) is 141 cm³/mol. The van der Waals surface area contributed by atoms with Crippen molar-refractivity contribution in [2.75, 3.05) is 7.11 Å². The molecule has 1 spiro atoms. The summed E-state index contributed by atoms with van der Waals surface area (Å²) >= 11 is 3.66. The molecule has 37 heavy (non-hydrogen) atoms. The first-order valence-corrected chi connectivity index (χ1v) is 15.2. The maximum absolute atomic E-state index is 13.6. The predicted octanol–water partition coefficient (Wildman–Crippen LogP) is 5.47. The van der Waals surface area contributed by atoms with E-state index >= 15 is 0 Å². The minimum atomic E-state index is -1.22. The smallest absolute Gasteiger partial charge is 0.327 e. The van der Waals surface area contributed by atoms with Crippen LogP contribution in [0.4, 0.5) is 0 Å². The van der Waals surface area contributed by atoms with E-state index in [-0.39, 0.29) is 12.2 Å². The van der Waals surface area contributed by atoms with Crippen molar-refractivity contribution in [3.05, 3.63) is 0 Å². The molecule has 0 unspecified atom stereocenters. The van der Waals surface area contributed by atoms with Crippen LogP contribution < -0.4 is 0 Å². The molecule has 0 aromatic carbocycles. The number of esters is 2. The van der Waals surface area contributed by atoms with Gasteiger partial charge in [0.2, 0.25) is 12.6 Å². The Morgan fingerprint density at radius 1 is 0.811 bits per heavy atom. The third-order valence-corrected chi connectivity index (χ3v) is 11.8. The summed E-state index contributed by atoms with van der Waals surface area (Å²) in [5.41, 5.74) is -1.21. The first-order valence-electron chi connectivity index (χ1n) is 14.4. The Hall–Kier alpha value is -0.700. The number of carbonyl (C=O) groups is 2. The van der Waals surface area contributed by atoms with E-state index < -0.39 is 46.3 Å². The van der Waals surface area contributed by atoms with Gasteiger partial charge in [0.15, 0.2) is 4.32 Å². The number of hydrogen-bond donors (Lipinski definition) is 0. The zero-order valence-electron chi connectivity index (χ0n) is 23.4. The summed E-state index contributed by atoms with van der Waals surface area (Å²) < 4.78 is 29.5. The molecular weight excluding hydrogens is 540 g/mol. The molecular formula is C29H45BrO7. The van der Waals surface area contributed by atoms with Gasteiger partial charge < -0.3 is 23.7 Å². The third-order valence-electron chi connectivity index (χ3n) is 10.3. The maximum atomic E-state index is 13.6. The Morgan fingerprint density at radius 2 is 1.30 bits per heavy atom. The van der Waals surface area contributed by atoms with Gasteiger partial charge in [0.25, 0.3) is 0 Å². The topological polar surface area (TPSA) is 80.3 Å². The summed E-state index contributed by atoms with van der Waals surface area (Å²) in [6.07, 6.45) is 3.96. The Labute approximate surface area is 230 Å². The van der Waals surface area contributed by atoms with Gasteiger partial charge in [-0.05, 0) is 61.2 Å². The van der Waals surface area contributed by atoms with Crippen LogP contribution in [-0.2, 0) is 33.3 Å². The van der Waals surface area contributed by atoms with E-state index in [0.717, 1.165) is 25.7 Å². The molecule has 0 N–H and O–H groups in total. The molecule has 7 nitrogen and oxygen atoms in total. The SMILES string of the molecule is CO[C@H]1[C@H](O[C@@H]2C[C@H](C)CC[C@H]2C(C)C)OC(=O)[C@@]12[C@H]1[C@H](O[C@@H]3C[C@H](C)CC[C@H]3C(C)C)OC(=O)[C@]12Br. The number of carbonyl (C=O) groups excluding carboxylic acids is 2. The monoisotopic (exact) mass is 584 g/mol. The largest absolute Gasteiger partial charge is 0.434 e. The molecule has 0 aromatic heterocycles. The van der Waals surface area contributed by atoms with Crippen LogP contribution in [0.5, 0.6) is 0 Å². The van der Waals surface area contributed by atoms with Crippen LogP contribution >= 0.6 is 15.9 Å². The number of cyclic esters (lactones) is 2. The average Bonchev–Trinajstić information content (AvgIpc) is 3.14. The lowest BCUT2D eigenvalue weighted by molar-refractivity contribution is -0.214. The van der Waals surface area contributed by atoms with Crippen molar-refractivity contribution in [2.45, 2.75) is 115 Å². The molecule has 0 amide bonds. The van der Waals surface area contributed by atoms with Crippen molar-refractivity contribution in [2.24, 2.45) is 46.8 Å². The van der Waals surface area contributed by atoms with Crippen LogP contribution in [0.3, 0.4) is 0 Å². The Kier molecular flexibility index (Phi) is 7.56. The van der Waals surface area contributed by atoms with E-state index in [1.54, 1.807) is 7.11 Å². The van der Waals surface area contributed by atoms with Crippen LogP contribution in [0.2, 0.25) is 0 Å². The second-order valence-corrected chi connectivity index (χ2v) is 14.5. The van der Waals surface area contributed by atoms with Gasteiger partial charge in [-0.25, -0.2) is 0 Å². The van der Waals surface area contributed by atoms with Crippen molar-refractivity contribution in [1.29, 1.82) is 0 Å². The second kappa shape index (κ2) is 10.0. The highest BCUT2D eigenvalue weighted by Gasteiger charge is 2.96. The highest BCUT2D eigenvalue weighted by Crippen LogP contribution is 2.78. The van der Waals surface area contributed by atoms with Gasteiger partial charge in [-0.2, -0.15) is 0 Å². The number of fused-ring (bicyclic) bond motifs is 3. The Balaban J connectivity index is 1.38. The molecule has 2 heterocycles. The van der Waals surface area contributed by atoms with E-state index in [1.807, 2.05) is 0 Å². The number of alkyl halides is 1. The zero-order chi connectivity index (χ0) is 26.9. The van der Waals surface area contributed by atoms with Gasteiger partial charge in [-0.3, -0.25) is 9.59 Å². The number of halogens is 1. The van der Waals surface area contributed by atoms with Gasteiger partial charge in [0.1, 0.15) is 11.5 Å². The summed E-state index contributed by atoms with van der Waals surface area (Å²) in [7, 11) is 1.57. The number of ether oxygens (including phenoxy) is 5. The van der Waals surface area contributed by atoms with E-state index in [0.29, 0.717) is 35.5 Å². The van der Waals surface area contributed by atoms with E-state index in [1.165, 1.54) is 12.8 Å². The lowest BCUT2D eigenvalue weighted by Crippen LogP contribution is -2.45. The maximum Gasteiger partial charge on any atom is 0.327 e. The standard InChI is InChI=1S/C29H45BrO7/c1-14(2)18-10-8-16(5)12-20(18)34-24-22-28(29(22,30)27(32)36-24)23(33-7)25(37-26(28)31)35-21-13-17(6)9-11-19(21)15(3)4/h14-25H,8-13H2,1-7H3/t16-,17-,18+,19+,20-,21-,22-,23+,24-,25-,28-,29-/m1/s1. The second-order valence-electron chi connectivity index (χ2n) is 13.3. The summed E-state index contributed by atoms with van der Waals surface area (Å²) in [5.74, 6) is 1.35. The molecule has 210 valence electrons. The Bertz CT molecular complexity index is 893. The molecule has 0 aromatic rings. The number of hydrogen-bond acceptors (Lipinski definition) is 7. The van der Waals surface area contributed by atoms with E-state index in [4.69, 9.17) is 23.7 Å². The van der Waals surface area contributed by atoms with E-state index in [9.17, 15) is 9.59 Å². The zero-order valence-corrected chi connectivity index (χ0v) is 25.0. The minimum Gasteiger partial charge on any atom is -0.434 e. The number of rotatable bonds is 7. The van der Waals surface area contributed by atoms with Crippen LogP contribution in [0.25, 0.3) is 0 Å². The Morgan fingerprint density at radius 3 is 1.78 bits per heavy atom. The van der Waals surface area contributed by atoms with Crippen molar-refractivity contribution >= 4 is 27.9 Å². The summed E-state index contributed by atoms with van der Waals surface area (Å²) in [4.78, 5) is 26.9. The molecule has 5 rings (SSSR count). The lowest BCUT2D eigenvalue weighted by Gasteiger charge is -2.39. The van der Waals surface area contributed by atoms with Crippen LogP contribution in [0.15, 0.2) is 0 Å². The molecule has 3 aliphatic carbocycles. The quantitative estimate of drug-likeness (QED) is 0.290. The van der Waals surface area contributed by atoms with Crippen LogP contribution in [0.1, 0.15) is 80.1 Å². The molecule has 5 aliphatic rings. The first kappa shape index (κ1) is 27.9. The van der Waals surface area contributed by atoms with E-state index in [2.05, 4.69) is 57.5 Å². The molecule has 0 radical (unpaired) electrons. The number of methoxy groups -OCH3 is 1. The fourth-order valence-corrected chi connectivity index (χ4v) is 9.28. The molecule has 8 heteroatoms. The molecule has 5 fully saturated rings. The van der Waals surface area contributed by atoms with Crippen LogP contribution in [0, 0.1) is 46.8 Å². The van der Waals surface area contributed by atoms with Crippen LogP contribution in [-0.4, -0.2) is 54.3 Å². The van der Waals surface area contributed by atoms with Crippen molar-refractivity contribution in [3.8, 4) is 0 Å². The van der Waals surface area contributed by atoms with Gasteiger partial charge in [-0.15, -0.1) is 0 Å². The highest BCUT2D eigenvalue weighted by molar-refractivity contribution is 9.10. The van der Waals surface area contributed by atoms with Gasteiger partial charge in [0, 0.05) is 7.11 Å². The third kappa shape index (κ3) is 4.22. The van der Waals surface area contributed by atoms with Crippen molar-refractivity contribution in [3.63, 3.8) is 0 Å². The van der Waals surface area contributed by atoms with Crippen molar-refractivity contribution < 1.29 is 33.3 Å². The molecule has 12 atom stereocenters. The molecule has 2 saturated heterocycles. The van der Waals surface area contributed by atoms with Gasteiger partial charge >= 0.3 is 11.9 Å². The van der Waals surface area contributed by atoms with Gasteiger partial charge in [-0.1, -0.05) is 70.3 Å². The highest BCUT2D eigenvalue weighted by atomic mass is 79.9. The summed E-state index contributed by atoms with van der Waals surface area (Å²) in [6, 6.07) is 0. The molecule has 3 saturated carbocycles. The molecule has 2 aliphatic heterocycles. The normalized spacial score (nSPS) is 49.5. The fraction of sp³-hybridized carbons (Fsp3) is 0.931. The first-order chi connectivity index (χ1) is 17.5. The minimum absolute atomic E-state index is 0.0185. The summed E-state index contributed by atoms with van der Waals surface area (Å²) in [6.45, 7) is 13.4. The average molecular weight is 586 g/mol. The molecule has 0 bridgehead atoms. The summed E-state index contributed by atoms with van der Waals surface area (Å²) in [5, 5.41) is 0. The fourth-order valence-electron chi connectivity index (χ4n) is 8.09. The van der Waals surface area contributed by atoms with Crippen molar-refractivity contribution in [1.82, 2.24) is 0 Å². The van der Waals surface area contributed by atoms with Gasteiger partial charge in [0.05, 0.1) is 18.1 Å². The lowest BCUT2D eigenvalue weighted by atomic mass is 9.75.